The van der Waals surface area contributed by atoms with E-state index in [0.717, 1.165) is 37.0 Å². The quantitative estimate of drug-likeness (QED) is 0.893. The molecule has 2 aliphatic heterocycles. The van der Waals surface area contributed by atoms with E-state index in [4.69, 9.17) is 4.74 Å². The van der Waals surface area contributed by atoms with Crippen molar-refractivity contribution in [2.45, 2.75) is 57.3 Å². The lowest BCUT2D eigenvalue weighted by Crippen LogP contribution is -2.46. The molecule has 20 heavy (non-hydrogen) atoms. The Labute approximate surface area is 122 Å². The SMILES string of the molecule is CCOc1ccc(CN(C)C2CC3CCC(C2)N3)cc1. The smallest absolute Gasteiger partial charge is 0.119 e. The highest BCUT2D eigenvalue weighted by molar-refractivity contribution is 5.27. The van der Waals surface area contributed by atoms with Gasteiger partial charge in [-0.1, -0.05) is 12.1 Å². The maximum Gasteiger partial charge on any atom is 0.119 e. The Morgan fingerprint density at radius 1 is 1.15 bits per heavy atom. The van der Waals surface area contributed by atoms with Crippen molar-refractivity contribution in [3.8, 4) is 5.75 Å². The van der Waals surface area contributed by atoms with Crippen molar-refractivity contribution in [2.75, 3.05) is 13.7 Å². The molecule has 0 radical (unpaired) electrons. The fraction of sp³-hybridized carbons (Fsp3) is 0.647. The lowest BCUT2D eigenvalue weighted by molar-refractivity contribution is 0.166. The molecule has 0 aliphatic carbocycles. The maximum absolute atomic E-state index is 5.50. The molecule has 0 spiro atoms. The lowest BCUT2D eigenvalue weighted by atomic mass is 9.98. The van der Waals surface area contributed by atoms with Crippen molar-refractivity contribution in [3.63, 3.8) is 0 Å². The van der Waals surface area contributed by atoms with Gasteiger partial charge in [-0.2, -0.15) is 0 Å². The van der Waals surface area contributed by atoms with Crippen molar-refractivity contribution < 1.29 is 4.74 Å². The minimum absolute atomic E-state index is 0.733. The molecule has 1 aromatic carbocycles. The van der Waals surface area contributed by atoms with Crippen LogP contribution >= 0.6 is 0 Å². The Balaban J connectivity index is 1.56. The third-order valence-electron chi connectivity index (χ3n) is 4.74. The van der Waals surface area contributed by atoms with Crippen LogP contribution in [0.4, 0.5) is 0 Å². The fourth-order valence-electron chi connectivity index (χ4n) is 3.66. The molecule has 2 unspecified atom stereocenters. The molecule has 2 saturated heterocycles. The van der Waals surface area contributed by atoms with Crippen molar-refractivity contribution in [1.82, 2.24) is 10.2 Å². The molecule has 3 heteroatoms. The van der Waals surface area contributed by atoms with Crippen LogP contribution in [0.1, 0.15) is 38.2 Å². The van der Waals surface area contributed by atoms with Gasteiger partial charge in [0.05, 0.1) is 6.61 Å². The van der Waals surface area contributed by atoms with Crippen LogP contribution in [0, 0.1) is 0 Å². The van der Waals surface area contributed by atoms with Crippen molar-refractivity contribution in [1.29, 1.82) is 0 Å². The van der Waals surface area contributed by atoms with E-state index < -0.39 is 0 Å². The van der Waals surface area contributed by atoms with Gasteiger partial charge in [0.1, 0.15) is 5.75 Å². The number of hydrogen-bond acceptors (Lipinski definition) is 3. The summed E-state index contributed by atoms with van der Waals surface area (Å²) < 4.78 is 5.50. The number of ether oxygens (including phenoxy) is 1. The Hall–Kier alpha value is -1.06. The zero-order chi connectivity index (χ0) is 13.9. The highest BCUT2D eigenvalue weighted by Crippen LogP contribution is 2.29. The summed E-state index contributed by atoms with van der Waals surface area (Å²) >= 11 is 0. The van der Waals surface area contributed by atoms with E-state index in [2.05, 4.69) is 41.5 Å². The van der Waals surface area contributed by atoms with Crippen LogP contribution in [0.15, 0.2) is 24.3 Å². The molecule has 2 atom stereocenters. The second-order valence-electron chi connectivity index (χ2n) is 6.26. The zero-order valence-electron chi connectivity index (χ0n) is 12.6. The van der Waals surface area contributed by atoms with Gasteiger partial charge in [0.15, 0.2) is 0 Å². The standard InChI is InChI=1S/C17H26N2O/c1-3-20-17-8-4-13(5-9-17)12-19(2)16-10-14-6-7-15(11-16)18-14/h4-5,8-9,14-16,18H,3,6-7,10-12H2,1-2H3. The first kappa shape index (κ1) is 13.9. The fourth-order valence-corrected chi connectivity index (χ4v) is 3.66. The molecule has 1 N–H and O–H groups in total. The van der Waals surface area contributed by atoms with Gasteiger partial charge < -0.3 is 10.1 Å². The van der Waals surface area contributed by atoms with Gasteiger partial charge in [-0.25, -0.2) is 0 Å². The van der Waals surface area contributed by atoms with Crippen LogP contribution in [0.2, 0.25) is 0 Å². The minimum atomic E-state index is 0.733. The average Bonchev–Trinajstić information content (AvgIpc) is 2.80. The van der Waals surface area contributed by atoms with E-state index in [9.17, 15) is 0 Å². The number of hydrogen-bond donors (Lipinski definition) is 1. The average molecular weight is 274 g/mol. The molecule has 0 aromatic heterocycles. The first-order chi connectivity index (χ1) is 9.74. The Bertz CT molecular complexity index is 419. The number of nitrogens with zero attached hydrogens (tertiary/aromatic N) is 1. The molecule has 0 amide bonds. The highest BCUT2D eigenvalue weighted by atomic mass is 16.5. The third-order valence-corrected chi connectivity index (χ3v) is 4.74. The van der Waals surface area contributed by atoms with Crippen molar-refractivity contribution in [3.05, 3.63) is 29.8 Å². The monoisotopic (exact) mass is 274 g/mol. The highest BCUT2D eigenvalue weighted by Gasteiger charge is 2.34. The number of piperidine rings is 1. The van der Waals surface area contributed by atoms with Crippen LogP contribution < -0.4 is 10.1 Å². The molecule has 3 nitrogen and oxygen atoms in total. The van der Waals surface area contributed by atoms with Gasteiger partial charge in [0, 0.05) is 24.7 Å². The second kappa shape index (κ2) is 6.15. The molecule has 2 bridgehead atoms. The lowest BCUT2D eigenvalue weighted by Gasteiger charge is -2.35. The summed E-state index contributed by atoms with van der Waals surface area (Å²) in [4.78, 5) is 2.53. The number of fused-ring (bicyclic) bond motifs is 2. The molecule has 2 heterocycles. The molecular formula is C17H26N2O. The van der Waals surface area contributed by atoms with Gasteiger partial charge in [-0.05, 0) is 57.4 Å². The van der Waals surface area contributed by atoms with E-state index in [-0.39, 0.29) is 0 Å². The minimum Gasteiger partial charge on any atom is -0.494 e. The molecular weight excluding hydrogens is 248 g/mol. The van der Waals surface area contributed by atoms with Gasteiger partial charge in [-0.15, -0.1) is 0 Å². The summed E-state index contributed by atoms with van der Waals surface area (Å²) in [6.07, 6.45) is 5.37. The summed E-state index contributed by atoms with van der Waals surface area (Å²) in [6, 6.07) is 10.8. The summed E-state index contributed by atoms with van der Waals surface area (Å²) in [5.41, 5.74) is 1.38. The van der Waals surface area contributed by atoms with E-state index in [1.807, 2.05) is 6.92 Å². The summed E-state index contributed by atoms with van der Waals surface area (Å²) in [6.45, 7) is 3.79. The Kier molecular flexibility index (Phi) is 4.27. The molecule has 2 fully saturated rings. The summed E-state index contributed by atoms with van der Waals surface area (Å²) in [5, 5.41) is 3.72. The number of rotatable bonds is 5. The molecule has 1 aromatic rings. The number of benzene rings is 1. The topological polar surface area (TPSA) is 24.5 Å². The van der Waals surface area contributed by atoms with E-state index in [1.54, 1.807) is 0 Å². The van der Waals surface area contributed by atoms with E-state index in [1.165, 1.54) is 31.2 Å². The van der Waals surface area contributed by atoms with Crippen LogP contribution in [-0.2, 0) is 6.54 Å². The summed E-state index contributed by atoms with van der Waals surface area (Å²) in [5.74, 6) is 0.971. The molecule has 3 rings (SSSR count). The van der Waals surface area contributed by atoms with E-state index in [0.29, 0.717) is 0 Å². The zero-order valence-corrected chi connectivity index (χ0v) is 12.6. The van der Waals surface area contributed by atoms with Crippen molar-refractivity contribution >= 4 is 0 Å². The molecule has 0 saturated carbocycles. The maximum atomic E-state index is 5.50. The Morgan fingerprint density at radius 2 is 1.80 bits per heavy atom. The summed E-state index contributed by atoms with van der Waals surface area (Å²) in [7, 11) is 2.27. The van der Waals surface area contributed by atoms with E-state index >= 15 is 0 Å². The molecule has 110 valence electrons. The third kappa shape index (κ3) is 3.15. The van der Waals surface area contributed by atoms with Gasteiger partial charge >= 0.3 is 0 Å². The Morgan fingerprint density at radius 3 is 2.40 bits per heavy atom. The normalized spacial score (nSPS) is 28.9. The first-order valence-corrected chi connectivity index (χ1v) is 7.92. The number of nitrogens with one attached hydrogen (secondary N) is 1. The predicted octanol–water partition coefficient (Wildman–Crippen LogP) is 2.80. The van der Waals surface area contributed by atoms with Gasteiger partial charge in [-0.3, -0.25) is 4.90 Å². The van der Waals surface area contributed by atoms with Gasteiger partial charge in [0.2, 0.25) is 0 Å². The van der Waals surface area contributed by atoms with Crippen LogP contribution in [0.25, 0.3) is 0 Å². The van der Waals surface area contributed by atoms with Gasteiger partial charge in [0.25, 0.3) is 0 Å². The molecule has 2 aliphatic rings. The first-order valence-electron chi connectivity index (χ1n) is 7.92. The van der Waals surface area contributed by atoms with Crippen LogP contribution in [-0.4, -0.2) is 36.7 Å². The predicted molar refractivity (Wildman–Crippen MR) is 82.0 cm³/mol. The largest absolute Gasteiger partial charge is 0.494 e. The van der Waals surface area contributed by atoms with Crippen molar-refractivity contribution in [2.24, 2.45) is 0 Å². The van der Waals surface area contributed by atoms with Crippen LogP contribution in [0.5, 0.6) is 5.75 Å². The second-order valence-corrected chi connectivity index (χ2v) is 6.26. The van der Waals surface area contributed by atoms with Crippen LogP contribution in [0.3, 0.4) is 0 Å².